The van der Waals surface area contributed by atoms with Gasteiger partial charge in [-0.3, -0.25) is 0 Å². The highest BCUT2D eigenvalue weighted by Crippen LogP contribution is 2.22. The molecule has 0 fully saturated rings. The topological polar surface area (TPSA) is 61.6 Å². The van der Waals surface area contributed by atoms with Crippen molar-refractivity contribution in [2.45, 2.75) is 6.42 Å². The number of nitriles is 1. The summed E-state index contributed by atoms with van der Waals surface area (Å²) in [6.07, 6.45) is 3.59. The van der Waals surface area contributed by atoms with Crippen LogP contribution in [0.4, 0.5) is 11.5 Å². The zero-order chi connectivity index (χ0) is 12.1. The highest BCUT2D eigenvalue weighted by molar-refractivity contribution is 9.10. The second-order valence-corrected chi connectivity index (χ2v) is 4.23. The highest BCUT2D eigenvalue weighted by Gasteiger charge is 2.01. The summed E-state index contributed by atoms with van der Waals surface area (Å²) in [5.74, 6) is 0.716. The van der Waals surface area contributed by atoms with E-state index in [-0.39, 0.29) is 0 Å². The van der Waals surface area contributed by atoms with Crippen LogP contribution in [-0.4, -0.2) is 9.97 Å². The average molecular weight is 289 g/mol. The standard InChI is InChI=1S/C12H9BrN4/c13-11-7-15-8-16-12(11)17-10-3-1-9(2-4-10)5-6-14/h1-4,7-8H,5H2,(H,15,16,17). The quantitative estimate of drug-likeness (QED) is 0.943. The van der Waals surface area contributed by atoms with E-state index in [4.69, 9.17) is 5.26 Å². The molecule has 4 nitrogen and oxygen atoms in total. The molecule has 84 valence electrons. The van der Waals surface area contributed by atoms with Gasteiger partial charge in [-0.05, 0) is 33.6 Å². The Morgan fingerprint density at radius 1 is 1.29 bits per heavy atom. The molecule has 0 saturated carbocycles. The van der Waals surface area contributed by atoms with Crippen molar-refractivity contribution in [2.75, 3.05) is 5.32 Å². The molecule has 1 aromatic heterocycles. The first kappa shape index (κ1) is 11.6. The normalized spacial score (nSPS) is 9.65. The predicted octanol–water partition coefficient (Wildman–Crippen LogP) is 3.05. The third kappa shape index (κ3) is 3.02. The number of hydrogen-bond donors (Lipinski definition) is 1. The van der Waals surface area contributed by atoms with E-state index < -0.39 is 0 Å². The number of aromatic nitrogens is 2. The first-order valence-electron chi connectivity index (χ1n) is 4.98. The van der Waals surface area contributed by atoms with Crippen LogP contribution in [0.3, 0.4) is 0 Å². The van der Waals surface area contributed by atoms with Gasteiger partial charge in [-0.25, -0.2) is 9.97 Å². The maximum atomic E-state index is 8.57. The Morgan fingerprint density at radius 2 is 2.06 bits per heavy atom. The Hall–Kier alpha value is -1.93. The Balaban J connectivity index is 2.15. The summed E-state index contributed by atoms with van der Waals surface area (Å²) in [5.41, 5.74) is 1.92. The smallest absolute Gasteiger partial charge is 0.148 e. The van der Waals surface area contributed by atoms with E-state index in [1.165, 1.54) is 6.33 Å². The van der Waals surface area contributed by atoms with Crippen LogP contribution in [0.5, 0.6) is 0 Å². The fourth-order valence-electron chi connectivity index (χ4n) is 1.34. The highest BCUT2D eigenvalue weighted by atomic mass is 79.9. The Bertz CT molecular complexity index is 545. The van der Waals surface area contributed by atoms with Crippen molar-refractivity contribution in [3.63, 3.8) is 0 Å². The fraction of sp³-hybridized carbons (Fsp3) is 0.0833. The van der Waals surface area contributed by atoms with Gasteiger partial charge in [0.1, 0.15) is 12.1 Å². The summed E-state index contributed by atoms with van der Waals surface area (Å²) in [4.78, 5) is 8.00. The molecule has 0 spiro atoms. The lowest BCUT2D eigenvalue weighted by molar-refractivity contribution is 1.15. The van der Waals surface area contributed by atoms with E-state index in [1.807, 2.05) is 24.3 Å². The molecular weight excluding hydrogens is 280 g/mol. The van der Waals surface area contributed by atoms with Crippen LogP contribution < -0.4 is 5.32 Å². The second kappa shape index (κ2) is 5.41. The number of hydrogen-bond acceptors (Lipinski definition) is 4. The average Bonchev–Trinajstić information content (AvgIpc) is 2.35. The number of nitrogens with zero attached hydrogens (tertiary/aromatic N) is 3. The molecule has 0 aliphatic rings. The first-order valence-corrected chi connectivity index (χ1v) is 5.77. The SMILES string of the molecule is N#CCc1ccc(Nc2ncncc2Br)cc1. The largest absolute Gasteiger partial charge is 0.339 e. The van der Waals surface area contributed by atoms with Crippen molar-refractivity contribution in [3.8, 4) is 6.07 Å². The Morgan fingerprint density at radius 3 is 2.71 bits per heavy atom. The van der Waals surface area contributed by atoms with Gasteiger partial charge in [-0.15, -0.1) is 0 Å². The summed E-state index contributed by atoms with van der Waals surface area (Å²) in [5, 5.41) is 11.7. The minimum atomic E-state index is 0.428. The van der Waals surface area contributed by atoms with Crippen LogP contribution >= 0.6 is 15.9 Å². The van der Waals surface area contributed by atoms with Gasteiger partial charge < -0.3 is 5.32 Å². The first-order chi connectivity index (χ1) is 8.29. The molecular formula is C12H9BrN4. The van der Waals surface area contributed by atoms with Gasteiger partial charge in [-0.2, -0.15) is 5.26 Å². The van der Waals surface area contributed by atoms with E-state index in [1.54, 1.807) is 6.20 Å². The molecule has 2 aromatic rings. The lowest BCUT2D eigenvalue weighted by atomic mass is 10.1. The van der Waals surface area contributed by atoms with Gasteiger partial charge in [-0.1, -0.05) is 12.1 Å². The minimum absolute atomic E-state index is 0.428. The number of anilines is 2. The van der Waals surface area contributed by atoms with E-state index >= 15 is 0 Å². The number of halogens is 1. The third-order valence-corrected chi connectivity index (χ3v) is 2.75. The molecule has 5 heteroatoms. The van der Waals surface area contributed by atoms with Crippen molar-refractivity contribution in [1.29, 1.82) is 5.26 Å². The van der Waals surface area contributed by atoms with Crippen LogP contribution in [0.15, 0.2) is 41.3 Å². The maximum Gasteiger partial charge on any atom is 0.148 e. The Labute approximate surface area is 107 Å². The van der Waals surface area contributed by atoms with Gasteiger partial charge in [0.15, 0.2) is 0 Å². The monoisotopic (exact) mass is 288 g/mol. The summed E-state index contributed by atoms with van der Waals surface area (Å²) in [7, 11) is 0. The molecule has 1 N–H and O–H groups in total. The molecule has 0 radical (unpaired) electrons. The van der Waals surface area contributed by atoms with Gasteiger partial charge in [0.2, 0.25) is 0 Å². The number of benzene rings is 1. The third-order valence-electron chi connectivity index (χ3n) is 2.17. The van der Waals surface area contributed by atoms with Crippen LogP contribution in [-0.2, 0) is 6.42 Å². The van der Waals surface area contributed by atoms with Gasteiger partial charge in [0.05, 0.1) is 17.0 Å². The molecule has 0 atom stereocenters. The molecule has 0 bridgehead atoms. The zero-order valence-corrected chi connectivity index (χ0v) is 10.5. The molecule has 17 heavy (non-hydrogen) atoms. The minimum Gasteiger partial charge on any atom is -0.339 e. The maximum absolute atomic E-state index is 8.57. The molecule has 0 saturated heterocycles. The van der Waals surface area contributed by atoms with Gasteiger partial charge in [0.25, 0.3) is 0 Å². The van der Waals surface area contributed by atoms with Crippen molar-refractivity contribution in [1.82, 2.24) is 9.97 Å². The fourth-order valence-corrected chi connectivity index (χ4v) is 1.66. The molecule has 1 aromatic carbocycles. The van der Waals surface area contributed by atoms with Crippen LogP contribution in [0.2, 0.25) is 0 Å². The van der Waals surface area contributed by atoms with E-state index in [9.17, 15) is 0 Å². The zero-order valence-electron chi connectivity index (χ0n) is 8.89. The van der Waals surface area contributed by atoms with Crippen molar-refractivity contribution in [2.24, 2.45) is 0 Å². The summed E-state index contributed by atoms with van der Waals surface area (Å²) in [6, 6.07) is 9.78. The van der Waals surface area contributed by atoms with Crippen molar-refractivity contribution >= 4 is 27.4 Å². The van der Waals surface area contributed by atoms with Crippen molar-refractivity contribution < 1.29 is 0 Å². The van der Waals surface area contributed by atoms with Crippen LogP contribution in [0.25, 0.3) is 0 Å². The summed E-state index contributed by atoms with van der Waals surface area (Å²) in [6.45, 7) is 0. The van der Waals surface area contributed by atoms with Crippen LogP contribution in [0, 0.1) is 11.3 Å². The number of nitrogens with one attached hydrogen (secondary N) is 1. The lowest BCUT2D eigenvalue weighted by Crippen LogP contribution is -1.95. The lowest BCUT2D eigenvalue weighted by Gasteiger charge is -2.06. The van der Waals surface area contributed by atoms with Gasteiger partial charge in [0, 0.05) is 11.9 Å². The molecule has 1 heterocycles. The summed E-state index contributed by atoms with van der Waals surface area (Å²) >= 11 is 3.36. The van der Waals surface area contributed by atoms with E-state index in [0.717, 1.165) is 15.7 Å². The van der Waals surface area contributed by atoms with E-state index in [0.29, 0.717) is 12.2 Å². The van der Waals surface area contributed by atoms with Gasteiger partial charge >= 0.3 is 0 Å². The molecule has 0 aliphatic carbocycles. The Kier molecular flexibility index (Phi) is 3.68. The molecule has 2 rings (SSSR count). The summed E-state index contributed by atoms with van der Waals surface area (Å²) < 4.78 is 0.807. The predicted molar refractivity (Wildman–Crippen MR) is 68.8 cm³/mol. The van der Waals surface area contributed by atoms with E-state index in [2.05, 4.69) is 37.3 Å². The molecule has 0 unspecified atom stereocenters. The molecule has 0 amide bonds. The molecule has 0 aliphatic heterocycles. The van der Waals surface area contributed by atoms with Crippen LogP contribution in [0.1, 0.15) is 5.56 Å². The second-order valence-electron chi connectivity index (χ2n) is 3.38. The number of rotatable bonds is 3. The van der Waals surface area contributed by atoms with Crippen molar-refractivity contribution in [3.05, 3.63) is 46.8 Å².